The molecule has 0 aliphatic carbocycles. The molecule has 4 aliphatic heterocycles. The summed E-state index contributed by atoms with van der Waals surface area (Å²) in [5.41, 5.74) is 1.43. The molecule has 2 bridgehead atoms. The van der Waals surface area contributed by atoms with Crippen molar-refractivity contribution in [3.63, 3.8) is 0 Å². The van der Waals surface area contributed by atoms with Gasteiger partial charge in [-0.1, -0.05) is 18.2 Å². The van der Waals surface area contributed by atoms with Gasteiger partial charge >= 0.3 is 0 Å². The molecule has 0 aromatic heterocycles. The number of anilines is 1. The fourth-order valence-corrected chi connectivity index (χ4v) is 6.30. The van der Waals surface area contributed by atoms with Crippen molar-refractivity contribution in [1.82, 2.24) is 0 Å². The number of nitrogens with zero attached hydrogens (tertiary/aromatic N) is 1. The first-order valence-corrected chi connectivity index (χ1v) is 11.9. The number of ether oxygens (including phenoxy) is 6. The Labute approximate surface area is 212 Å². The molecular weight excluding hydrogens is 478 g/mol. The highest BCUT2D eigenvalue weighted by atomic mass is 16.7. The van der Waals surface area contributed by atoms with E-state index >= 15 is 0 Å². The number of fused-ring (bicyclic) bond motifs is 9. The Balaban J connectivity index is 1.49. The predicted octanol–water partition coefficient (Wildman–Crippen LogP) is 3.58. The van der Waals surface area contributed by atoms with Crippen molar-refractivity contribution in [3.05, 3.63) is 71.3 Å². The van der Waals surface area contributed by atoms with Crippen molar-refractivity contribution in [1.29, 1.82) is 0 Å². The van der Waals surface area contributed by atoms with Gasteiger partial charge in [0.1, 0.15) is 5.60 Å². The standard InChI is InChI=1S/C28H23NO8/c1-32-20-9-14(10-21(33-2)25(20)34-3)28-17-12-19-18(35-13-36-19)11-16(17)24(37-28)22-23(28)27(31)29(26(22)30)15-7-5-4-6-8-15/h4-12,22-24H,13H2,1-3H3/t22-,23+,24+,28-/m1/s1. The highest BCUT2D eigenvalue weighted by Crippen LogP contribution is 2.68. The van der Waals surface area contributed by atoms with Crippen molar-refractivity contribution in [2.75, 3.05) is 33.0 Å². The summed E-state index contributed by atoms with van der Waals surface area (Å²) in [6.45, 7) is 0.105. The second kappa shape index (κ2) is 7.63. The smallest absolute Gasteiger partial charge is 0.241 e. The summed E-state index contributed by atoms with van der Waals surface area (Å²) < 4.78 is 34.8. The monoisotopic (exact) mass is 501 g/mol. The lowest BCUT2D eigenvalue weighted by Gasteiger charge is -2.34. The third-order valence-corrected chi connectivity index (χ3v) is 7.79. The average molecular weight is 501 g/mol. The quantitative estimate of drug-likeness (QED) is 0.490. The van der Waals surface area contributed by atoms with E-state index in [-0.39, 0.29) is 18.6 Å². The van der Waals surface area contributed by atoms with Gasteiger partial charge in [0.2, 0.25) is 24.4 Å². The Morgan fingerprint density at radius 1 is 0.865 bits per heavy atom. The number of imide groups is 1. The molecule has 7 rings (SSSR count). The fourth-order valence-electron chi connectivity index (χ4n) is 6.30. The van der Waals surface area contributed by atoms with Gasteiger partial charge in [0.05, 0.1) is 45.0 Å². The number of rotatable bonds is 5. The van der Waals surface area contributed by atoms with Gasteiger partial charge in [-0.15, -0.1) is 0 Å². The zero-order valence-electron chi connectivity index (χ0n) is 20.3. The molecule has 0 spiro atoms. The van der Waals surface area contributed by atoms with Gasteiger partial charge < -0.3 is 28.4 Å². The topological polar surface area (TPSA) is 92.8 Å². The van der Waals surface area contributed by atoms with Crippen LogP contribution in [0.2, 0.25) is 0 Å². The van der Waals surface area contributed by atoms with Crippen LogP contribution in [0.15, 0.2) is 54.6 Å². The maximum atomic E-state index is 14.1. The summed E-state index contributed by atoms with van der Waals surface area (Å²) >= 11 is 0. The minimum Gasteiger partial charge on any atom is -0.493 e. The lowest BCUT2D eigenvalue weighted by molar-refractivity contribution is -0.127. The van der Waals surface area contributed by atoms with E-state index in [1.807, 2.05) is 18.2 Å². The molecule has 2 saturated heterocycles. The van der Waals surface area contributed by atoms with E-state index in [2.05, 4.69) is 0 Å². The Hall–Kier alpha value is -4.24. The number of amides is 2. The second-order valence-corrected chi connectivity index (χ2v) is 9.33. The largest absolute Gasteiger partial charge is 0.493 e. The molecule has 0 saturated carbocycles. The van der Waals surface area contributed by atoms with Gasteiger partial charge in [-0.3, -0.25) is 9.59 Å². The minimum absolute atomic E-state index is 0.105. The molecule has 37 heavy (non-hydrogen) atoms. The van der Waals surface area contributed by atoms with Gasteiger partial charge in [-0.25, -0.2) is 4.90 Å². The first-order chi connectivity index (χ1) is 18.0. The molecule has 4 atom stereocenters. The first kappa shape index (κ1) is 22.0. The Morgan fingerprint density at radius 3 is 2.19 bits per heavy atom. The number of carbonyl (C=O) groups is 2. The third kappa shape index (κ3) is 2.66. The molecule has 3 aromatic rings. The van der Waals surface area contributed by atoms with E-state index in [1.165, 1.54) is 26.2 Å². The van der Waals surface area contributed by atoms with Crippen molar-refractivity contribution in [2.45, 2.75) is 11.7 Å². The fraction of sp³-hybridized carbons (Fsp3) is 0.286. The van der Waals surface area contributed by atoms with E-state index in [4.69, 9.17) is 28.4 Å². The summed E-state index contributed by atoms with van der Waals surface area (Å²) in [6.07, 6.45) is -0.640. The Morgan fingerprint density at radius 2 is 1.54 bits per heavy atom. The lowest BCUT2D eigenvalue weighted by atomic mass is 9.66. The van der Waals surface area contributed by atoms with Gasteiger partial charge in [0, 0.05) is 0 Å². The van der Waals surface area contributed by atoms with Crippen LogP contribution in [-0.4, -0.2) is 39.9 Å². The van der Waals surface area contributed by atoms with Crippen LogP contribution < -0.4 is 28.6 Å². The molecule has 4 heterocycles. The zero-order chi connectivity index (χ0) is 25.5. The highest BCUT2D eigenvalue weighted by molar-refractivity contribution is 6.23. The van der Waals surface area contributed by atoms with Crippen molar-refractivity contribution in [3.8, 4) is 28.7 Å². The number of hydrogen-bond acceptors (Lipinski definition) is 8. The third-order valence-electron chi connectivity index (χ3n) is 7.79. The van der Waals surface area contributed by atoms with Crippen LogP contribution in [0.25, 0.3) is 0 Å². The summed E-state index contributed by atoms with van der Waals surface area (Å²) in [4.78, 5) is 29.3. The Kier molecular flexibility index (Phi) is 4.54. The second-order valence-electron chi connectivity index (χ2n) is 9.33. The maximum Gasteiger partial charge on any atom is 0.241 e. The van der Waals surface area contributed by atoms with E-state index in [0.717, 1.165) is 11.1 Å². The summed E-state index contributed by atoms with van der Waals surface area (Å²) in [7, 11) is 4.59. The van der Waals surface area contributed by atoms with Gasteiger partial charge in [0.15, 0.2) is 23.0 Å². The van der Waals surface area contributed by atoms with Crippen molar-refractivity contribution < 1.29 is 38.0 Å². The molecule has 9 nitrogen and oxygen atoms in total. The normalized spacial score (nSPS) is 26.4. The minimum atomic E-state index is -1.28. The van der Waals surface area contributed by atoms with Crippen molar-refractivity contribution >= 4 is 17.5 Å². The van der Waals surface area contributed by atoms with Gasteiger partial charge in [-0.05, 0) is 53.1 Å². The zero-order valence-corrected chi connectivity index (χ0v) is 20.3. The molecule has 0 unspecified atom stereocenters. The van der Waals surface area contributed by atoms with Crippen LogP contribution in [0.4, 0.5) is 5.69 Å². The van der Waals surface area contributed by atoms with Crippen LogP contribution in [0, 0.1) is 11.8 Å². The number of methoxy groups -OCH3 is 3. The van der Waals surface area contributed by atoms with Crippen molar-refractivity contribution in [2.24, 2.45) is 11.8 Å². The van der Waals surface area contributed by atoms with Crippen LogP contribution in [-0.2, 0) is 19.9 Å². The van der Waals surface area contributed by atoms with E-state index in [0.29, 0.717) is 40.0 Å². The summed E-state index contributed by atoms with van der Waals surface area (Å²) in [6, 6.07) is 16.3. The van der Waals surface area contributed by atoms with E-state index < -0.39 is 23.5 Å². The average Bonchev–Trinajstić information content (AvgIpc) is 3.67. The number of para-hydroxylation sites is 1. The van der Waals surface area contributed by atoms with Gasteiger partial charge in [-0.2, -0.15) is 0 Å². The SMILES string of the molecule is COc1cc([C@@]23O[C@@H](c4cc5c(cc42)OCO5)[C@@H]2C(=O)N(c4ccccc4)C(=O)[C@H]23)cc(OC)c1OC. The first-order valence-electron chi connectivity index (χ1n) is 11.9. The van der Waals surface area contributed by atoms with Gasteiger partial charge in [0.25, 0.3) is 0 Å². The molecule has 2 amide bonds. The van der Waals surface area contributed by atoms with Crippen LogP contribution in [0.3, 0.4) is 0 Å². The van der Waals surface area contributed by atoms with Crippen LogP contribution >= 0.6 is 0 Å². The molecule has 188 valence electrons. The molecule has 4 aliphatic rings. The predicted molar refractivity (Wildman–Crippen MR) is 129 cm³/mol. The summed E-state index contributed by atoms with van der Waals surface area (Å²) in [5, 5.41) is 0. The molecule has 0 radical (unpaired) electrons. The highest BCUT2D eigenvalue weighted by Gasteiger charge is 2.72. The van der Waals surface area contributed by atoms with E-state index in [1.54, 1.807) is 36.4 Å². The molecule has 2 fully saturated rings. The molecule has 3 aromatic carbocycles. The van der Waals surface area contributed by atoms with Crippen LogP contribution in [0.1, 0.15) is 22.8 Å². The number of benzene rings is 3. The Bertz CT molecular complexity index is 1450. The number of carbonyl (C=O) groups excluding carboxylic acids is 2. The van der Waals surface area contributed by atoms with Crippen LogP contribution in [0.5, 0.6) is 28.7 Å². The number of hydrogen-bond donors (Lipinski definition) is 0. The molecule has 0 N–H and O–H groups in total. The van der Waals surface area contributed by atoms with E-state index in [9.17, 15) is 9.59 Å². The molecule has 9 heteroatoms. The maximum absolute atomic E-state index is 14.1. The summed E-state index contributed by atoms with van der Waals surface area (Å²) in [5.74, 6) is 0.282. The molecular formula is C28H23NO8. The lowest BCUT2D eigenvalue weighted by Crippen LogP contribution is -2.41.